The van der Waals surface area contributed by atoms with Crippen LogP contribution in [0.5, 0.6) is 0 Å². The molecule has 0 spiro atoms. The summed E-state index contributed by atoms with van der Waals surface area (Å²) in [5.41, 5.74) is 1.68. The molecule has 20 heavy (non-hydrogen) atoms. The van der Waals surface area contributed by atoms with E-state index in [0.29, 0.717) is 5.82 Å². The van der Waals surface area contributed by atoms with Crippen LogP contribution in [0.1, 0.15) is 25.2 Å². The third-order valence-electron chi connectivity index (χ3n) is 2.90. The smallest absolute Gasteiger partial charge is 0.136 e. The average Bonchev–Trinajstić information content (AvgIpc) is 2.42. The Morgan fingerprint density at radius 2 is 1.85 bits per heavy atom. The Kier molecular flexibility index (Phi) is 4.50. The van der Waals surface area contributed by atoms with Crippen molar-refractivity contribution in [3.63, 3.8) is 0 Å². The molecule has 0 aliphatic rings. The molecule has 2 aromatic rings. The molecule has 2 rings (SSSR count). The van der Waals surface area contributed by atoms with Crippen molar-refractivity contribution in [2.24, 2.45) is 0 Å². The van der Waals surface area contributed by atoms with Gasteiger partial charge in [0.25, 0.3) is 0 Å². The van der Waals surface area contributed by atoms with Crippen molar-refractivity contribution in [3.05, 3.63) is 41.5 Å². The predicted octanol–water partition coefficient (Wildman–Crippen LogP) is 3.66. The highest BCUT2D eigenvalue weighted by molar-refractivity contribution is 5.62. The molecule has 1 aromatic carbocycles. The van der Waals surface area contributed by atoms with Crippen LogP contribution in [0.2, 0.25) is 0 Å². The number of nitrogens with zero attached hydrogens (tertiary/aromatic N) is 2. The fourth-order valence-electron chi connectivity index (χ4n) is 1.90. The van der Waals surface area contributed by atoms with Crippen molar-refractivity contribution in [2.75, 3.05) is 17.2 Å². The van der Waals surface area contributed by atoms with Crippen LogP contribution in [-0.4, -0.2) is 16.5 Å². The zero-order chi connectivity index (χ0) is 14.5. The van der Waals surface area contributed by atoms with E-state index in [1.165, 1.54) is 12.1 Å². The maximum atomic E-state index is 13.1. The molecule has 0 fully saturated rings. The number of hydrogen-bond donors (Lipinski definition) is 2. The lowest BCUT2D eigenvalue weighted by Gasteiger charge is -2.11. The van der Waals surface area contributed by atoms with Crippen LogP contribution in [-0.2, 0) is 6.42 Å². The number of nitrogens with one attached hydrogen (secondary N) is 2. The molecular weight excluding hydrogens is 255 g/mol. The van der Waals surface area contributed by atoms with Gasteiger partial charge in [0.1, 0.15) is 23.3 Å². The van der Waals surface area contributed by atoms with E-state index in [9.17, 15) is 4.39 Å². The summed E-state index contributed by atoms with van der Waals surface area (Å²) < 4.78 is 13.1. The molecule has 1 aromatic heterocycles. The van der Waals surface area contributed by atoms with Gasteiger partial charge in [-0.15, -0.1) is 0 Å². The summed E-state index contributed by atoms with van der Waals surface area (Å²) >= 11 is 0. The van der Waals surface area contributed by atoms with Crippen LogP contribution in [0.3, 0.4) is 0 Å². The highest BCUT2D eigenvalue weighted by atomic mass is 19.1. The van der Waals surface area contributed by atoms with E-state index in [-0.39, 0.29) is 5.82 Å². The second-order valence-electron chi connectivity index (χ2n) is 4.52. The molecule has 0 bridgehead atoms. The van der Waals surface area contributed by atoms with Gasteiger partial charge in [-0.25, -0.2) is 14.4 Å². The minimum absolute atomic E-state index is 0.238. The Balaban J connectivity index is 2.29. The van der Waals surface area contributed by atoms with Gasteiger partial charge in [0.15, 0.2) is 0 Å². The van der Waals surface area contributed by atoms with E-state index < -0.39 is 0 Å². The quantitative estimate of drug-likeness (QED) is 0.873. The van der Waals surface area contributed by atoms with Crippen molar-refractivity contribution < 1.29 is 4.39 Å². The number of aromatic nitrogens is 2. The lowest BCUT2D eigenvalue weighted by molar-refractivity contribution is 0.627. The number of hydrogen-bond acceptors (Lipinski definition) is 4. The van der Waals surface area contributed by atoms with Crippen LogP contribution in [0.15, 0.2) is 24.3 Å². The predicted molar refractivity (Wildman–Crippen MR) is 80.0 cm³/mol. The number of benzene rings is 1. The van der Waals surface area contributed by atoms with E-state index >= 15 is 0 Å². The lowest BCUT2D eigenvalue weighted by Crippen LogP contribution is -2.06. The molecule has 0 aliphatic carbocycles. The number of halogens is 1. The van der Waals surface area contributed by atoms with Crippen LogP contribution in [0.25, 0.3) is 0 Å². The monoisotopic (exact) mass is 274 g/mol. The molecule has 1 heterocycles. The maximum absolute atomic E-state index is 13.1. The third kappa shape index (κ3) is 3.44. The minimum atomic E-state index is -0.238. The molecule has 2 N–H and O–H groups in total. The first kappa shape index (κ1) is 14.2. The molecule has 0 amide bonds. The molecule has 0 radical (unpaired) electrons. The van der Waals surface area contributed by atoms with Gasteiger partial charge >= 0.3 is 0 Å². The summed E-state index contributed by atoms with van der Waals surface area (Å²) in [5, 5.41) is 6.40. The Bertz CT molecular complexity index is 598. The zero-order valence-corrected chi connectivity index (χ0v) is 12.0. The summed E-state index contributed by atoms with van der Waals surface area (Å²) in [6.07, 6.45) is 0.760. The average molecular weight is 274 g/mol. The number of anilines is 3. The highest BCUT2D eigenvalue weighted by Gasteiger charge is 2.05. The SMILES string of the molecule is CCNc1cc(Nc2ccc(F)cc2C)nc(CC)n1. The van der Waals surface area contributed by atoms with Crippen molar-refractivity contribution in [3.8, 4) is 0 Å². The van der Waals surface area contributed by atoms with Crippen molar-refractivity contribution in [1.29, 1.82) is 0 Å². The number of rotatable bonds is 5. The summed E-state index contributed by atoms with van der Waals surface area (Å²) in [4.78, 5) is 8.83. The topological polar surface area (TPSA) is 49.8 Å². The molecule has 0 aliphatic heterocycles. The van der Waals surface area contributed by atoms with E-state index in [0.717, 1.165) is 35.9 Å². The van der Waals surface area contributed by atoms with Crippen LogP contribution >= 0.6 is 0 Å². The Labute approximate surface area is 118 Å². The van der Waals surface area contributed by atoms with Gasteiger partial charge in [-0.2, -0.15) is 0 Å². The van der Waals surface area contributed by atoms with Gasteiger partial charge < -0.3 is 10.6 Å². The molecule has 0 unspecified atom stereocenters. The molecular formula is C15H19FN4. The number of aryl methyl sites for hydroxylation is 2. The molecule has 4 nitrogen and oxygen atoms in total. The highest BCUT2D eigenvalue weighted by Crippen LogP contribution is 2.21. The fraction of sp³-hybridized carbons (Fsp3) is 0.333. The van der Waals surface area contributed by atoms with E-state index in [1.54, 1.807) is 6.07 Å². The summed E-state index contributed by atoms with van der Waals surface area (Å²) in [6.45, 7) is 6.69. The maximum Gasteiger partial charge on any atom is 0.136 e. The first-order chi connectivity index (χ1) is 9.62. The summed E-state index contributed by atoms with van der Waals surface area (Å²) in [7, 11) is 0. The lowest BCUT2D eigenvalue weighted by atomic mass is 10.2. The largest absolute Gasteiger partial charge is 0.370 e. The van der Waals surface area contributed by atoms with Gasteiger partial charge in [0.05, 0.1) is 0 Å². The van der Waals surface area contributed by atoms with Crippen molar-refractivity contribution in [1.82, 2.24) is 9.97 Å². The van der Waals surface area contributed by atoms with Gasteiger partial charge in [0.2, 0.25) is 0 Å². The molecule has 106 valence electrons. The third-order valence-corrected chi connectivity index (χ3v) is 2.90. The fourth-order valence-corrected chi connectivity index (χ4v) is 1.90. The van der Waals surface area contributed by atoms with Gasteiger partial charge in [-0.3, -0.25) is 0 Å². The minimum Gasteiger partial charge on any atom is -0.370 e. The van der Waals surface area contributed by atoms with Gasteiger partial charge in [-0.1, -0.05) is 6.92 Å². The summed E-state index contributed by atoms with van der Waals surface area (Å²) in [5.74, 6) is 2.04. The van der Waals surface area contributed by atoms with Crippen LogP contribution in [0, 0.1) is 12.7 Å². The van der Waals surface area contributed by atoms with Crippen molar-refractivity contribution >= 4 is 17.3 Å². The van der Waals surface area contributed by atoms with E-state index in [1.807, 2.05) is 26.8 Å². The first-order valence-corrected chi connectivity index (χ1v) is 6.77. The van der Waals surface area contributed by atoms with Crippen LogP contribution in [0.4, 0.5) is 21.7 Å². The van der Waals surface area contributed by atoms with E-state index in [4.69, 9.17) is 0 Å². The first-order valence-electron chi connectivity index (χ1n) is 6.77. The Morgan fingerprint density at radius 1 is 1.10 bits per heavy atom. The standard InChI is InChI=1S/C15H19FN4/c1-4-13-19-14(17-5-2)9-15(20-13)18-12-7-6-11(16)8-10(12)3/h6-9H,4-5H2,1-3H3,(H2,17,18,19,20). The molecule has 0 atom stereocenters. The van der Waals surface area contributed by atoms with Crippen molar-refractivity contribution in [2.45, 2.75) is 27.2 Å². The molecule has 5 heteroatoms. The van der Waals surface area contributed by atoms with Crippen LogP contribution < -0.4 is 10.6 Å². The van der Waals surface area contributed by atoms with Gasteiger partial charge in [-0.05, 0) is 37.6 Å². The summed E-state index contributed by atoms with van der Waals surface area (Å²) in [6, 6.07) is 6.49. The van der Waals surface area contributed by atoms with Gasteiger partial charge in [0, 0.05) is 24.7 Å². The van der Waals surface area contributed by atoms with E-state index in [2.05, 4.69) is 20.6 Å². The molecule has 0 saturated carbocycles. The normalized spacial score (nSPS) is 10.4. The Hall–Kier alpha value is -2.17. The Morgan fingerprint density at radius 3 is 2.50 bits per heavy atom. The second-order valence-corrected chi connectivity index (χ2v) is 4.52. The second kappa shape index (κ2) is 6.32. The zero-order valence-electron chi connectivity index (χ0n) is 12.0. The molecule has 0 saturated heterocycles.